The highest BCUT2D eigenvalue weighted by molar-refractivity contribution is 9.08. The van der Waals surface area contributed by atoms with Crippen molar-refractivity contribution >= 4 is 32.8 Å². The second-order valence-corrected chi connectivity index (χ2v) is 5.34. The lowest BCUT2D eigenvalue weighted by atomic mass is 10.1. The van der Waals surface area contributed by atoms with Crippen molar-refractivity contribution in [2.24, 2.45) is 0 Å². The van der Waals surface area contributed by atoms with Crippen LogP contribution in [0.4, 0.5) is 0 Å². The van der Waals surface area contributed by atoms with Gasteiger partial charge in [0.1, 0.15) is 0 Å². The van der Waals surface area contributed by atoms with E-state index in [0.29, 0.717) is 23.1 Å². The minimum atomic E-state index is 0.115. The molecule has 0 radical (unpaired) electrons. The van der Waals surface area contributed by atoms with E-state index >= 15 is 0 Å². The van der Waals surface area contributed by atoms with Crippen molar-refractivity contribution in [3.05, 3.63) is 34.9 Å². The zero-order chi connectivity index (χ0) is 13.4. The van der Waals surface area contributed by atoms with Crippen molar-refractivity contribution in [2.45, 2.75) is 18.7 Å². The van der Waals surface area contributed by atoms with Crippen molar-refractivity contribution in [3.8, 4) is 17.9 Å². The summed E-state index contributed by atoms with van der Waals surface area (Å²) in [4.78, 5) is 10.7. The molecule has 0 aliphatic rings. The fourth-order valence-electron chi connectivity index (χ4n) is 1.28. The summed E-state index contributed by atoms with van der Waals surface area (Å²) in [6, 6.07) is 7.59. The van der Waals surface area contributed by atoms with Crippen LogP contribution in [0.2, 0.25) is 0 Å². The van der Waals surface area contributed by atoms with Crippen LogP contribution in [0.25, 0.3) is 0 Å². The quantitative estimate of drug-likeness (QED) is 0.486. The molecule has 18 heavy (non-hydrogen) atoms. The third-order valence-electron chi connectivity index (χ3n) is 2.14. The predicted octanol–water partition coefficient (Wildman–Crippen LogP) is 3.47. The number of nitriles is 1. The summed E-state index contributed by atoms with van der Waals surface area (Å²) in [5.41, 5.74) is 2.56. The first-order chi connectivity index (χ1) is 8.67. The van der Waals surface area contributed by atoms with Gasteiger partial charge in [-0.2, -0.15) is 5.26 Å². The molecule has 0 spiro atoms. The van der Waals surface area contributed by atoms with Gasteiger partial charge in [-0.1, -0.05) is 45.6 Å². The Morgan fingerprint density at radius 1 is 1.50 bits per heavy atom. The maximum Gasteiger partial charge on any atom is 0.185 e. The minimum absolute atomic E-state index is 0.115. The number of nitrogens with zero attached hydrogens (tertiary/aromatic N) is 1. The van der Waals surface area contributed by atoms with Crippen LogP contribution in [0.1, 0.15) is 30.0 Å². The molecule has 1 rings (SSSR count). The van der Waals surface area contributed by atoms with E-state index in [1.165, 1.54) is 11.8 Å². The number of hydrogen-bond acceptors (Lipinski definition) is 3. The fraction of sp³-hybridized carbons (Fsp3) is 0.286. The molecule has 0 aliphatic heterocycles. The Kier molecular flexibility index (Phi) is 6.57. The average Bonchev–Trinajstić information content (AvgIpc) is 2.37. The van der Waals surface area contributed by atoms with Gasteiger partial charge in [0.2, 0.25) is 0 Å². The Hall–Kier alpha value is -1.23. The molecule has 0 heterocycles. The van der Waals surface area contributed by atoms with Crippen LogP contribution in [0, 0.1) is 23.2 Å². The lowest BCUT2D eigenvalue weighted by Crippen LogP contribution is -1.88. The molecule has 92 valence electrons. The normalized spacial score (nSPS) is 9.17. The first kappa shape index (κ1) is 14.8. The fourth-order valence-corrected chi connectivity index (χ4v) is 2.26. The molecule has 1 aromatic carbocycles. The summed E-state index contributed by atoms with van der Waals surface area (Å²) < 4.78 is 0. The van der Waals surface area contributed by atoms with Crippen LogP contribution in [0.15, 0.2) is 18.2 Å². The number of rotatable bonds is 3. The van der Waals surface area contributed by atoms with Gasteiger partial charge < -0.3 is 0 Å². The lowest BCUT2D eigenvalue weighted by molar-refractivity contribution is -0.109. The highest BCUT2D eigenvalue weighted by atomic mass is 79.9. The molecule has 0 atom stereocenters. The van der Waals surface area contributed by atoms with Crippen LogP contribution in [0.3, 0.4) is 0 Å². The van der Waals surface area contributed by atoms with Crippen LogP contribution in [-0.4, -0.2) is 10.9 Å². The molecule has 0 saturated carbocycles. The Labute approximate surface area is 120 Å². The number of hydrogen-bond donors (Lipinski definition) is 0. The number of thioether (sulfide) groups is 1. The number of halogens is 1. The number of carbonyl (C=O) groups is 1. The van der Waals surface area contributed by atoms with Crippen LogP contribution in [0.5, 0.6) is 0 Å². The Morgan fingerprint density at radius 3 is 2.89 bits per heavy atom. The van der Waals surface area contributed by atoms with E-state index in [0.717, 1.165) is 11.1 Å². The molecule has 0 fully saturated rings. The molecule has 0 bridgehead atoms. The predicted molar refractivity (Wildman–Crippen MR) is 78.4 cm³/mol. The maximum atomic E-state index is 10.7. The first-order valence-electron chi connectivity index (χ1n) is 5.38. The van der Waals surface area contributed by atoms with Crippen LogP contribution < -0.4 is 0 Å². The van der Waals surface area contributed by atoms with E-state index in [1.54, 1.807) is 19.1 Å². The van der Waals surface area contributed by atoms with Crippen LogP contribution in [-0.2, 0) is 10.1 Å². The molecule has 0 aromatic heterocycles. The second-order valence-electron chi connectivity index (χ2n) is 3.51. The molecular weight excluding hydrogens is 310 g/mol. The first-order valence-corrected chi connectivity index (χ1v) is 7.49. The summed E-state index contributed by atoms with van der Waals surface area (Å²) in [6.45, 7) is 1.55. The van der Waals surface area contributed by atoms with Crippen molar-refractivity contribution in [1.29, 1.82) is 5.26 Å². The van der Waals surface area contributed by atoms with E-state index in [1.807, 2.05) is 6.07 Å². The highest BCUT2D eigenvalue weighted by Crippen LogP contribution is 2.14. The third kappa shape index (κ3) is 4.96. The number of carbonyl (C=O) groups excluding carboxylic acids is 1. The lowest BCUT2D eigenvalue weighted by Gasteiger charge is -2.00. The standard InChI is InChI=1S/C14H12BrNOS/c1-11(17)18-7-3-2-4-13-8-12(10-16)5-6-14(13)9-15/h5-6,8H,3,7,9H2,1H3. The summed E-state index contributed by atoms with van der Waals surface area (Å²) >= 11 is 4.68. The van der Waals surface area contributed by atoms with Crippen LogP contribution >= 0.6 is 27.7 Å². The zero-order valence-corrected chi connectivity index (χ0v) is 12.4. The third-order valence-corrected chi connectivity index (χ3v) is 3.56. The van der Waals surface area contributed by atoms with E-state index < -0.39 is 0 Å². The van der Waals surface area contributed by atoms with Gasteiger partial charge in [-0.25, -0.2) is 0 Å². The summed E-state index contributed by atoms with van der Waals surface area (Å²) in [7, 11) is 0. The van der Waals surface area contributed by atoms with Gasteiger partial charge in [0, 0.05) is 30.0 Å². The second kappa shape index (κ2) is 7.97. The van der Waals surface area contributed by atoms with Gasteiger partial charge in [-0.05, 0) is 17.7 Å². The number of benzene rings is 1. The van der Waals surface area contributed by atoms with Gasteiger partial charge in [-0.3, -0.25) is 4.79 Å². The highest BCUT2D eigenvalue weighted by Gasteiger charge is 2.00. The maximum absolute atomic E-state index is 10.7. The van der Waals surface area contributed by atoms with E-state index in [2.05, 4.69) is 33.8 Å². The largest absolute Gasteiger partial charge is 0.288 e. The van der Waals surface area contributed by atoms with Crippen molar-refractivity contribution in [1.82, 2.24) is 0 Å². The molecule has 0 unspecified atom stereocenters. The molecular formula is C14H12BrNOS. The van der Waals surface area contributed by atoms with Gasteiger partial charge in [0.05, 0.1) is 11.6 Å². The monoisotopic (exact) mass is 321 g/mol. The summed E-state index contributed by atoms with van der Waals surface area (Å²) in [5.74, 6) is 6.80. The minimum Gasteiger partial charge on any atom is -0.288 e. The van der Waals surface area contributed by atoms with E-state index in [-0.39, 0.29) is 5.12 Å². The van der Waals surface area contributed by atoms with Gasteiger partial charge in [-0.15, -0.1) is 0 Å². The number of alkyl halides is 1. The molecule has 4 heteroatoms. The smallest absolute Gasteiger partial charge is 0.185 e. The molecule has 0 saturated heterocycles. The topological polar surface area (TPSA) is 40.9 Å². The molecule has 0 amide bonds. The average molecular weight is 322 g/mol. The van der Waals surface area contributed by atoms with Crippen molar-refractivity contribution in [2.75, 3.05) is 5.75 Å². The van der Waals surface area contributed by atoms with Crippen molar-refractivity contribution < 1.29 is 4.79 Å². The van der Waals surface area contributed by atoms with Gasteiger partial charge >= 0.3 is 0 Å². The summed E-state index contributed by atoms with van der Waals surface area (Å²) in [6.07, 6.45) is 0.669. The van der Waals surface area contributed by atoms with E-state index in [9.17, 15) is 4.79 Å². The molecule has 2 nitrogen and oxygen atoms in total. The van der Waals surface area contributed by atoms with Gasteiger partial charge in [0.15, 0.2) is 5.12 Å². The van der Waals surface area contributed by atoms with Crippen molar-refractivity contribution in [3.63, 3.8) is 0 Å². The molecule has 1 aromatic rings. The Bertz CT molecular complexity index is 537. The molecule has 0 N–H and O–H groups in total. The Balaban J connectivity index is 2.74. The van der Waals surface area contributed by atoms with Gasteiger partial charge in [0.25, 0.3) is 0 Å². The zero-order valence-electron chi connectivity index (χ0n) is 10.00. The summed E-state index contributed by atoms with van der Waals surface area (Å²) in [5, 5.41) is 9.67. The van der Waals surface area contributed by atoms with E-state index in [4.69, 9.17) is 5.26 Å². The molecule has 0 aliphatic carbocycles. The SMILES string of the molecule is CC(=O)SCCC#Cc1cc(C#N)ccc1CBr. The Morgan fingerprint density at radius 2 is 2.28 bits per heavy atom.